The first-order valence-corrected chi connectivity index (χ1v) is 11.0. The zero-order valence-corrected chi connectivity index (χ0v) is 18.0. The van der Waals surface area contributed by atoms with Crippen LogP contribution in [0.5, 0.6) is 0 Å². The maximum absolute atomic E-state index is 13.2. The summed E-state index contributed by atoms with van der Waals surface area (Å²) in [7, 11) is 1.32. The average Bonchev–Trinajstić information content (AvgIpc) is 3.41. The van der Waals surface area contributed by atoms with E-state index in [0.717, 1.165) is 40.8 Å². The van der Waals surface area contributed by atoms with Crippen molar-refractivity contribution in [3.05, 3.63) is 40.3 Å². The highest BCUT2D eigenvalue weighted by molar-refractivity contribution is 7.17. The molecule has 30 heavy (non-hydrogen) atoms. The number of carbonyl (C=O) groups is 3. The van der Waals surface area contributed by atoms with E-state index < -0.39 is 23.8 Å². The fourth-order valence-electron chi connectivity index (χ4n) is 5.22. The number of esters is 1. The number of amides is 1. The third kappa shape index (κ3) is 3.41. The Bertz CT molecular complexity index is 1010. The number of anilines is 1. The number of hydrogen-bond donors (Lipinski definition) is 2. The van der Waals surface area contributed by atoms with Crippen LogP contribution < -0.4 is 5.32 Å². The molecule has 158 valence electrons. The van der Waals surface area contributed by atoms with Gasteiger partial charge < -0.3 is 15.2 Å². The standard InChI is InChI=1S/C23H25NO5S/c1-11-4-6-13(7-5-11)16-12(2)30-21(19(16)23(28)29-3)24-20(25)17-14-8-9-15(10-14)18(17)22(26)27/h4-7,14-15,17-18H,8-10H2,1-3H3,(H,24,25)(H,26,27)/t14-,15+,17+,18+/m1/s1. The number of carbonyl (C=O) groups excluding carboxylic acids is 2. The molecule has 2 N–H and O–H groups in total. The number of fused-ring (bicyclic) bond motifs is 2. The Morgan fingerprint density at radius 1 is 1.07 bits per heavy atom. The molecular formula is C23H25NO5S. The van der Waals surface area contributed by atoms with Crippen molar-refractivity contribution in [2.45, 2.75) is 33.1 Å². The highest BCUT2D eigenvalue weighted by atomic mass is 32.1. The van der Waals surface area contributed by atoms with Gasteiger partial charge in [-0.15, -0.1) is 11.3 Å². The minimum Gasteiger partial charge on any atom is -0.481 e. The number of aryl methyl sites for hydroxylation is 2. The van der Waals surface area contributed by atoms with Crippen molar-refractivity contribution in [1.82, 2.24) is 0 Å². The number of hydrogen-bond acceptors (Lipinski definition) is 5. The Kier molecular flexibility index (Phi) is 5.40. The molecule has 4 atom stereocenters. The van der Waals surface area contributed by atoms with E-state index in [1.807, 2.05) is 38.1 Å². The number of aliphatic carboxylic acids is 1. The molecule has 1 aromatic heterocycles. The van der Waals surface area contributed by atoms with Crippen LogP contribution in [0, 0.1) is 37.5 Å². The van der Waals surface area contributed by atoms with Gasteiger partial charge in [0.25, 0.3) is 0 Å². The summed E-state index contributed by atoms with van der Waals surface area (Å²) in [5.74, 6) is -2.78. The van der Waals surface area contributed by atoms with Crippen LogP contribution in [0.2, 0.25) is 0 Å². The van der Waals surface area contributed by atoms with Gasteiger partial charge in [-0.2, -0.15) is 0 Å². The van der Waals surface area contributed by atoms with Crippen LogP contribution >= 0.6 is 11.3 Å². The Labute approximate surface area is 179 Å². The van der Waals surface area contributed by atoms with E-state index in [0.29, 0.717) is 10.6 Å². The molecule has 1 amide bonds. The number of benzene rings is 1. The van der Waals surface area contributed by atoms with Crippen molar-refractivity contribution in [3.63, 3.8) is 0 Å². The zero-order chi connectivity index (χ0) is 21.6. The molecule has 1 aromatic carbocycles. The summed E-state index contributed by atoms with van der Waals surface area (Å²) >= 11 is 1.32. The minimum absolute atomic E-state index is 0.0662. The quantitative estimate of drug-likeness (QED) is 0.685. The molecule has 0 unspecified atom stereocenters. The van der Waals surface area contributed by atoms with E-state index in [4.69, 9.17) is 4.74 Å². The number of nitrogens with one attached hydrogen (secondary N) is 1. The van der Waals surface area contributed by atoms with E-state index in [1.54, 1.807) is 0 Å². The van der Waals surface area contributed by atoms with Gasteiger partial charge in [0.2, 0.25) is 5.91 Å². The van der Waals surface area contributed by atoms with Gasteiger partial charge in [-0.05, 0) is 50.5 Å². The fraction of sp³-hybridized carbons (Fsp3) is 0.435. The third-order valence-corrected chi connectivity index (χ3v) is 7.58. The van der Waals surface area contributed by atoms with E-state index in [9.17, 15) is 19.5 Å². The lowest BCUT2D eigenvalue weighted by molar-refractivity contribution is -0.148. The van der Waals surface area contributed by atoms with E-state index >= 15 is 0 Å². The maximum atomic E-state index is 13.2. The molecule has 2 aliphatic carbocycles. The number of thiophene rings is 1. The van der Waals surface area contributed by atoms with Gasteiger partial charge in [0.05, 0.1) is 18.9 Å². The van der Waals surface area contributed by atoms with Gasteiger partial charge >= 0.3 is 11.9 Å². The molecule has 0 radical (unpaired) electrons. The van der Waals surface area contributed by atoms with Crippen molar-refractivity contribution < 1.29 is 24.2 Å². The first-order chi connectivity index (χ1) is 14.3. The Morgan fingerprint density at radius 2 is 1.70 bits per heavy atom. The minimum atomic E-state index is -0.904. The highest BCUT2D eigenvalue weighted by Crippen LogP contribution is 2.53. The summed E-state index contributed by atoms with van der Waals surface area (Å²) in [5.41, 5.74) is 3.05. The molecule has 1 heterocycles. The van der Waals surface area contributed by atoms with Crippen LogP contribution in [-0.4, -0.2) is 30.1 Å². The molecule has 2 fully saturated rings. The molecule has 0 spiro atoms. The molecule has 4 rings (SSSR count). The van der Waals surface area contributed by atoms with Crippen LogP contribution in [-0.2, 0) is 14.3 Å². The van der Waals surface area contributed by atoms with Crippen LogP contribution in [0.4, 0.5) is 5.00 Å². The summed E-state index contributed by atoms with van der Waals surface area (Å²) in [6.45, 7) is 3.89. The maximum Gasteiger partial charge on any atom is 0.341 e. The Balaban J connectivity index is 1.70. The lowest BCUT2D eigenvalue weighted by Crippen LogP contribution is -2.37. The van der Waals surface area contributed by atoms with E-state index in [1.165, 1.54) is 18.4 Å². The molecule has 0 aliphatic heterocycles. The molecule has 6 nitrogen and oxygen atoms in total. The van der Waals surface area contributed by atoms with Gasteiger partial charge in [0, 0.05) is 10.4 Å². The number of ether oxygens (including phenoxy) is 1. The van der Waals surface area contributed by atoms with Crippen molar-refractivity contribution in [3.8, 4) is 11.1 Å². The van der Waals surface area contributed by atoms with Gasteiger partial charge in [0.1, 0.15) is 10.6 Å². The molecule has 2 aromatic rings. The third-order valence-electron chi connectivity index (χ3n) is 6.56. The SMILES string of the molecule is COC(=O)c1c(NC(=O)[C@H]2[C@@H]3CC[C@@H](C3)[C@@H]2C(=O)O)sc(C)c1-c1ccc(C)cc1. The van der Waals surface area contributed by atoms with Crippen molar-refractivity contribution in [2.75, 3.05) is 12.4 Å². The Hall–Kier alpha value is -2.67. The largest absolute Gasteiger partial charge is 0.481 e. The molecule has 7 heteroatoms. The first kappa shape index (κ1) is 20.6. The lowest BCUT2D eigenvalue weighted by atomic mass is 9.78. The van der Waals surface area contributed by atoms with E-state index in [-0.39, 0.29) is 17.7 Å². The number of carboxylic acids is 1. The molecule has 2 bridgehead atoms. The van der Waals surface area contributed by atoms with Gasteiger partial charge in [-0.25, -0.2) is 4.79 Å². The second-order valence-corrected chi connectivity index (χ2v) is 9.53. The molecule has 0 saturated heterocycles. The number of rotatable bonds is 5. The predicted octanol–water partition coefficient (Wildman–Crippen LogP) is 4.50. The van der Waals surface area contributed by atoms with Crippen molar-refractivity contribution in [2.24, 2.45) is 23.7 Å². The summed E-state index contributed by atoms with van der Waals surface area (Å²) < 4.78 is 5.01. The smallest absolute Gasteiger partial charge is 0.341 e. The lowest BCUT2D eigenvalue weighted by Gasteiger charge is -2.26. The van der Waals surface area contributed by atoms with E-state index in [2.05, 4.69) is 5.32 Å². The topological polar surface area (TPSA) is 92.7 Å². The first-order valence-electron chi connectivity index (χ1n) is 10.1. The molecule has 2 saturated carbocycles. The van der Waals surface area contributed by atoms with Crippen molar-refractivity contribution in [1.29, 1.82) is 0 Å². The van der Waals surface area contributed by atoms with Crippen LogP contribution in [0.15, 0.2) is 24.3 Å². The summed E-state index contributed by atoms with van der Waals surface area (Å²) in [6, 6.07) is 7.83. The second kappa shape index (κ2) is 7.87. The summed E-state index contributed by atoms with van der Waals surface area (Å²) in [4.78, 5) is 38.5. The molecular weight excluding hydrogens is 402 g/mol. The highest BCUT2D eigenvalue weighted by Gasteiger charge is 2.54. The second-order valence-electron chi connectivity index (χ2n) is 8.31. The Morgan fingerprint density at radius 3 is 2.30 bits per heavy atom. The van der Waals surface area contributed by atoms with Crippen LogP contribution in [0.3, 0.4) is 0 Å². The van der Waals surface area contributed by atoms with Crippen molar-refractivity contribution >= 4 is 34.2 Å². The fourth-order valence-corrected chi connectivity index (χ4v) is 6.28. The monoisotopic (exact) mass is 427 g/mol. The van der Waals surface area contributed by atoms with Crippen LogP contribution in [0.1, 0.15) is 40.1 Å². The molecule has 2 aliphatic rings. The van der Waals surface area contributed by atoms with Crippen LogP contribution in [0.25, 0.3) is 11.1 Å². The van der Waals surface area contributed by atoms with Gasteiger partial charge in [-0.1, -0.05) is 29.8 Å². The number of carboxylic acid groups (broad SMARTS) is 1. The van der Waals surface area contributed by atoms with Gasteiger partial charge in [-0.3, -0.25) is 9.59 Å². The summed E-state index contributed by atoms with van der Waals surface area (Å²) in [5, 5.41) is 13.0. The normalized spacial score (nSPS) is 24.6. The predicted molar refractivity (Wildman–Crippen MR) is 115 cm³/mol. The zero-order valence-electron chi connectivity index (χ0n) is 17.2. The number of methoxy groups -OCH3 is 1. The van der Waals surface area contributed by atoms with Gasteiger partial charge in [0.15, 0.2) is 0 Å². The average molecular weight is 428 g/mol. The summed E-state index contributed by atoms with van der Waals surface area (Å²) in [6.07, 6.45) is 2.54.